The molecule has 0 saturated heterocycles. The predicted octanol–water partition coefficient (Wildman–Crippen LogP) is 1.80. The van der Waals surface area contributed by atoms with Crippen molar-refractivity contribution < 1.29 is 19.5 Å². The van der Waals surface area contributed by atoms with Crippen molar-refractivity contribution >= 4 is 11.6 Å². The van der Waals surface area contributed by atoms with Gasteiger partial charge >= 0.3 is 0 Å². The van der Waals surface area contributed by atoms with Crippen LogP contribution in [0.15, 0.2) is 29.4 Å². The highest BCUT2D eigenvalue weighted by atomic mass is 16.5. The third-order valence-electron chi connectivity index (χ3n) is 2.84. The first-order valence-electron chi connectivity index (χ1n) is 6.83. The van der Waals surface area contributed by atoms with Crippen molar-refractivity contribution in [1.29, 1.82) is 0 Å². The highest BCUT2D eigenvalue weighted by molar-refractivity contribution is 6.00. The van der Waals surface area contributed by atoms with E-state index in [1.807, 2.05) is 13.8 Å². The zero-order chi connectivity index (χ0) is 15.7. The average Bonchev–Trinajstić information content (AvgIpc) is 2.48. The summed E-state index contributed by atoms with van der Waals surface area (Å²) < 4.78 is 10.3. The molecule has 1 atom stereocenters. The summed E-state index contributed by atoms with van der Waals surface area (Å²) in [5, 5.41) is 14.8. The lowest BCUT2D eigenvalue weighted by Crippen LogP contribution is -2.38. The zero-order valence-electron chi connectivity index (χ0n) is 12.6. The van der Waals surface area contributed by atoms with Crippen molar-refractivity contribution in [3.05, 3.63) is 29.8 Å². The molecule has 6 nitrogen and oxygen atoms in total. The Morgan fingerprint density at radius 1 is 1.38 bits per heavy atom. The number of amides is 1. The van der Waals surface area contributed by atoms with Gasteiger partial charge in [0, 0.05) is 13.2 Å². The predicted molar refractivity (Wildman–Crippen MR) is 80.0 cm³/mol. The van der Waals surface area contributed by atoms with Crippen LogP contribution in [-0.4, -0.2) is 43.2 Å². The van der Waals surface area contributed by atoms with Gasteiger partial charge < -0.3 is 20.0 Å². The van der Waals surface area contributed by atoms with E-state index in [0.717, 1.165) is 5.56 Å². The smallest absolute Gasteiger partial charge is 0.258 e. The summed E-state index contributed by atoms with van der Waals surface area (Å²) in [6, 6.07) is 7.00. The summed E-state index contributed by atoms with van der Waals surface area (Å²) in [5.74, 6) is 0.386. The molecule has 0 aromatic heterocycles. The van der Waals surface area contributed by atoms with Gasteiger partial charge in [-0.2, -0.15) is 0 Å². The van der Waals surface area contributed by atoms with Gasteiger partial charge in [-0.1, -0.05) is 12.1 Å². The first kappa shape index (κ1) is 17.0. The Bertz CT molecular complexity index is 471. The van der Waals surface area contributed by atoms with Crippen LogP contribution in [-0.2, 0) is 9.53 Å². The highest BCUT2D eigenvalue weighted by Gasteiger charge is 2.08. The Morgan fingerprint density at radius 2 is 2.05 bits per heavy atom. The van der Waals surface area contributed by atoms with E-state index >= 15 is 0 Å². The van der Waals surface area contributed by atoms with Gasteiger partial charge in [0.2, 0.25) is 0 Å². The molecular weight excluding hydrogens is 272 g/mol. The molecule has 0 heterocycles. The van der Waals surface area contributed by atoms with Crippen molar-refractivity contribution in [2.75, 3.05) is 20.3 Å². The largest absolute Gasteiger partial charge is 0.484 e. The molecule has 1 aromatic carbocycles. The van der Waals surface area contributed by atoms with Crippen LogP contribution in [0.4, 0.5) is 0 Å². The van der Waals surface area contributed by atoms with Crippen LogP contribution in [0.2, 0.25) is 0 Å². The van der Waals surface area contributed by atoms with E-state index in [1.165, 1.54) is 0 Å². The number of hydrogen-bond acceptors (Lipinski definition) is 5. The fourth-order valence-electron chi connectivity index (χ4n) is 1.83. The van der Waals surface area contributed by atoms with Crippen LogP contribution in [0.5, 0.6) is 5.75 Å². The Labute approximate surface area is 124 Å². The van der Waals surface area contributed by atoms with E-state index in [2.05, 4.69) is 10.5 Å². The van der Waals surface area contributed by atoms with Gasteiger partial charge in [-0.05, 0) is 43.2 Å². The topological polar surface area (TPSA) is 80.2 Å². The van der Waals surface area contributed by atoms with Gasteiger partial charge in [0.1, 0.15) is 5.75 Å². The van der Waals surface area contributed by atoms with Crippen LogP contribution in [0, 0.1) is 0 Å². The SMILES string of the molecule is CCC(=NO)c1ccc(OCC(=O)NC(C)COC)cc1. The lowest BCUT2D eigenvalue weighted by atomic mass is 10.1. The zero-order valence-corrected chi connectivity index (χ0v) is 12.6. The Balaban J connectivity index is 2.48. The minimum Gasteiger partial charge on any atom is -0.484 e. The summed E-state index contributed by atoms with van der Waals surface area (Å²) in [6.45, 7) is 4.17. The quantitative estimate of drug-likeness (QED) is 0.435. The lowest BCUT2D eigenvalue weighted by Gasteiger charge is -2.13. The van der Waals surface area contributed by atoms with E-state index in [0.29, 0.717) is 24.5 Å². The van der Waals surface area contributed by atoms with Crippen molar-refractivity contribution in [3.63, 3.8) is 0 Å². The van der Waals surface area contributed by atoms with E-state index in [4.69, 9.17) is 14.7 Å². The normalized spacial score (nSPS) is 12.8. The van der Waals surface area contributed by atoms with Crippen molar-refractivity contribution in [3.8, 4) is 5.75 Å². The first-order valence-corrected chi connectivity index (χ1v) is 6.83. The molecule has 0 radical (unpaired) electrons. The van der Waals surface area contributed by atoms with Crippen LogP contribution in [0.25, 0.3) is 0 Å². The molecule has 0 aliphatic heterocycles. The molecule has 6 heteroatoms. The van der Waals surface area contributed by atoms with Crippen LogP contribution >= 0.6 is 0 Å². The number of hydrogen-bond donors (Lipinski definition) is 2. The van der Waals surface area contributed by atoms with Crippen LogP contribution in [0.1, 0.15) is 25.8 Å². The Hall–Kier alpha value is -2.08. The monoisotopic (exact) mass is 294 g/mol. The number of nitrogens with one attached hydrogen (secondary N) is 1. The fraction of sp³-hybridized carbons (Fsp3) is 0.467. The third kappa shape index (κ3) is 5.83. The molecule has 0 fully saturated rings. The Morgan fingerprint density at radius 3 is 2.57 bits per heavy atom. The van der Waals surface area contributed by atoms with Crippen molar-refractivity contribution in [2.45, 2.75) is 26.3 Å². The summed E-state index contributed by atoms with van der Waals surface area (Å²) in [5.41, 5.74) is 1.43. The molecule has 21 heavy (non-hydrogen) atoms. The standard InChI is InChI=1S/C15H22N2O4/c1-4-14(17-19)12-5-7-13(8-6-12)21-10-15(18)16-11(2)9-20-3/h5-8,11,19H,4,9-10H2,1-3H3,(H,16,18). The molecule has 0 aliphatic carbocycles. The number of ether oxygens (including phenoxy) is 2. The molecule has 1 rings (SSSR count). The minimum absolute atomic E-state index is 0.0534. The maximum atomic E-state index is 11.6. The number of benzene rings is 1. The lowest BCUT2D eigenvalue weighted by molar-refractivity contribution is -0.124. The summed E-state index contributed by atoms with van der Waals surface area (Å²) >= 11 is 0. The number of oxime groups is 1. The van der Waals surface area contributed by atoms with E-state index in [1.54, 1.807) is 31.4 Å². The molecule has 0 aliphatic rings. The van der Waals surface area contributed by atoms with Crippen LogP contribution in [0.3, 0.4) is 0 Å². The van der Waals surface area contributed by atoms with Crippen LogP contribution < -0.4 is 10.1 Å². The van der Waals surface area contributed by atoms with E-state index < -0.39 is 0 Å². The van der Waals surface area contributed by atoms with E-state index in [9.17, 15) is 4.79 Å². The van der Waals surface area contributed by atoms with Gasteiger partial charge in [0.15, 0.2) is 6.61 Å². The fourth-order valence-corrected chi connectivity index (χ4v) is 1.83. The minimum atomic E-state index is -0.199. The molecule has 0 saturated carbocycles. The second-order valence-electron chi connectivity index (χ2n) is 4.64. The molecular formula is C15H22N2O4. The van der Waals surface area contributed by atoms with Gasteiger partial charge in [0.25, 0.3) is 5.91 Å². The molecule has 1 unspecified atom stereocenters. The number of carbonyl (C=O) groups is 1. The van der Waals surface area contributed by atoms with Gasteiger partial charge in [-0.25, -0.2) is 0 Å². The number of nitrogens with zero attached hydrogens (tertiary/aromatic N) is 1. The van der Waals surface area contributed by atoms with Crippen molar-refractivity contribution in [1.82, 2.24) is 5.32 Å². The summed E-state index contributed by atoms with van der Waals surface area (Å²) in [4.78, 5) is 11.6. The maximum Gasteiger partial charge on any atom is 0.258 e. The number of carbonyl (C=O) groups excluding carboxylic acids is 1. The highest BCUT2D eigenvalue weighted by Crippen LogP contribution is 2.13. The maximum absolute atomic E-state index is 11.6. The second kappa shape index (κ2) is 8.97. The van der Waals surface area contributed by atoms with Crippen molar-refractivity contribution in [2.24, 2.45) is 5.16 Å². The average molecular weight is 294 g/mol. The van der Waals surface area contributed by atoms with E-state index in [-0.39, 0.29) is 18.6 Å². The Kier molecular flexibility index (Phi) is 7.25. The molecule has 2 N–H and O–H groups in total. The number of methoxy groups -OCH3 is 1. The summed E-state index contributed by atoms with van der Waals surface area (Å²) in [6.07, 6.45) is 0.635. The second-order valence-corrected chi connectivity index (χ2v) is 4.64. The molecule has 1 amide bonds. The third-order valence-corrected chi connectivity index (χ3v) is 2.84. The molecule has 0 bridgehead atoms. The molecule has 1 aromatic rings. The molecule has 116 valence electrons. The number of rotatable bonds is 8. The van der Waals surface area contributed by atoms with Gasteiger partial charge in [0.05, 0.1) is 12.3 Å². The molecule has 0 spiro atoms. The van der Waals surface area contributed by atoms with Gasteiger partial charge in [-0.15, -0.1) is 0 Å². The first-order chi connectivity index (χ1) is 10.1. The van der Waals surface area contributed by atoms with Gasteiger partial charge in [-0.3, -0.25) is 4.79 Å². The summed E-state index contributed by atoms with van der Waals surface area (Å²) in [7, 11) is 1.58.